The van der Waals surface area contributed by atoms with Crippen LogP contribution >= 0.6 is 11.6 Å². The third-order valence-corrected chi connectivity index (χ3v) is 3.87. The van der Waals surface area contributed by atoms with Crippen molar-refractivity contribution >= 4 is 17.5 Å². The van der Waals surface area contributed by atoms with Gasteiger partial charge in [0.25, 0.3) is 5.91 Å². The first-order valence-corrected chi connectivity index (χ1v) is 8.49. The monoisotopic (exact) mass is 375 g/mol. The molecule has 3 aromatic heterocycles. The Morgan fingerprint density at radius 1 is 1.38 bits per heavy atom. The minimum Gasteiger partial charge on any atom is -0.484 e. The van der Waals surface area contributed by atoms with Crippen LogP contribution in [0.25, 0.3) is 0 Å². The lowest BCUT2D eigenvalue weighted by Gasteiger charge is -2.19. The van der Waals surface area contributed by atoms with Gasteiger partial charge in [0.05, 0.1) is 17.8 Å². The Bertz CT molecular complexity index is 850. The number of ether oxygens (including phenoxy) is 1. The first-order valence-electron chi connectivity index (χ1n) is 8.11. The molecule has 0 bridgehead atoms. The molecule has 0 aromatic carbocycles. The molecule has 1 amide bonds. The molecule has 0 atom stereocenters. The van der Waals surface area contributed by atoms with Crippen molar-refractivity contribution in [2.24, 2.45) is 0 Å². The molecular weight excluding hydrogens is 358 g/mol. The van der Waals surface area contributed by atoms with Gasteiger partial charge in [0, 0.05) is 43.8 Å². The molecule has 8 nitrogen and oxygen atoms in total. The summed E-state index contributed by atoms with van der Waals surface area (Å²) in [5.74, 6) is 0.756. The summed E-state index contributed by atoms with van der Waals surface area (Å²) in [5, 5.41) is 8.46. The fourth-order valence-electron chi connectivity index (χ4n) is 2.33. The van der Waals surface area contributed by atoms with Crippen molar-refractivity contribution in [3.05, 3.63) is 59.5 Å². The highest BCUT2D eigenvalue weighted by molar-refractivity contribution is 6.30. The largest absolute Gasteiger partial charge is 0.484 e. The van der Waals surface area contributed by atoms with E-state index in [1.54, 1.807) is 34.1 Å². The SMILES string of the molecule is CCN(CCn1cccn1)C(=O)c1cc(COc2cncc(Cl)c2)on1. The van der Waals surface area contributed by atoms with E-state index in [9.17, 15) is 4.79 Å². The van der Waals surface area contributed by atoms with Gasteiger partial charge in [-0.1, -0.05) is 16.8 Å². The Morgan fingerprint density at radius 2 is 2.27 bits per heavy atom. The fourth-order valence-corrected chi connectivity index (χ4v) is 2.49. The minimum atomic E-state index is -0.195. The molecule has 9 heteroatoms. The van der Waals surface area contributed by atoms with Crippen LogP contribution in [0.2, 0.25) is 5.02 Å². The zero-order valence-corrected chi connectivity index (χ0v) is 15.0. The second-order valence-electron chi connectivity index (χ2n) is 5.46. The number of likely N-dealkylation sites (N-methyl/N-ethyl adjacent to an activating group) is 1. The highest BCUT2D eigenvalue weighted by Crippen LogP contribution is 2.17. The Balaban J connectivity index is 1.57. The standard InChI is InChI=1S/C17H18ClN5O3/c1-2-22(6-7-23-5-3-4-20-23)17(24)16-9-15(26-21-16)12-25-14-8-13(18)10-19-11-14/h3-5,8-11H,2,6-7,12H2,1H3. The van der Waals surface area contributed by atoms with Crippen molar-refractivity contribution in [2.45, 2.75) is 20.1 Å². The van der Waals surface area contributed by atoms with E-state index in [1.807, 2.05) is 19.2 Å². The molecule has 136 valence electrons. The number of pyridine rings is 1. The third-order valence-electron chi connectivity index (χ3n) is 3.67. The number of aromatic nitrogens is 4. The summed E-state index contributed by atoms with van der Waals surface area (Å²) in [5.41, 5.74) is 0.245. The second kappa shape index (κ2) is 8.48. The lowest BCUT2D eigenvalue weighted by Crippen LogP contribution is -2.34. The summed E-state index contributed by atoms with van der Waals surface area (Å²) in [6.45, 7) is 3.75. The zero-order valence-electron chi connectivity index (χ0n) is 14.2. The van der Waals surface area contributed by atoms with Gasteiger partial charge < -0.3 is 14.2 Å². The van der Waals surface area contributed by atoms with Gasteiger partial charge in [0.2, 0.25) is 0 Å². The second-order valence-corrected chi connectivity index (χ2v) is 5.90. The Labute approximate surface area is 155 Å². The van der Waals surface area contributed by atoms with Gasteiger partial charge in [-0.05, 0) is 13.0 Å². The van der Waals surface area contributed by atoms with Crippen LogP contribution in [0, 0.1) is 0 Å². The average molecular weight is 376 g/mol. The van der Waals surface area contributed by atoms with Crippen molar-refractivity contribution in [2.75, 3.05) is 13.1 Å². The average Bonchev–Trinajstić information content (AvgIpc) is 3.32. The molecular formula is C17H18ClN5O3. The highest BCUT2D eigenvalue weighted by atomic mass is 35.5. The molecule has 0 aliphatic carbocycles. The van der Waals surface area contributed by atoms with Gasteiger partial charge in [-0.3, -0.25) is 14.5 Å². The van der Waals surface area contributed by atoms with Crippen LogP contribution in [0.5, 0.6) is 5.75 Å². The molecule has 26 heavy (non-hydrogen) atoms. The smallest absolute Gasteiger partial charge is 0.276 e. The molecule has 0 aliphatic rings. The summed E-state index contributed by atoms with van der Waals surface area (Å²) in [7, 11) is 0. The number of rotatable bonds is 8. The fraction of sp³-hybridized carbons (Fsp3) is 0.294. The van der Waals surface area contributed by atoms with Crippen molar-refractivity contribution in [3.8, 4) is 5.75 Å². The quantitative estimate of drug-likeness (QED) is 0.601. The zero-order chi connectivity index (χ0) is 18.4. The van der Waals surface area contributed by atoms with Gasteiger partial charge in [-0.15, -0.1) is 0 Å². The topological polar surface area (TPSA) is 86.3 Å². The van der Waals surface area contributed by atoms with Gasteiger partial charge in [0.1, 0.15) is 12.4 Å². The summed E-state index contributed by atoms with van der Waals surface area (Å²) in [6.07, 6.45) is 6.62. The summed E-state index contributed by atoms with van der Waals surface area (Å²) < 4.78 is 12.5. The Kier molecular flexibility index (Phi) is 5.85. The predicted octanol–water partition coefficient (Wildman–Crippen LogP) is 2.66. The number of amides is 1. The first kappa shape index (κ1) is 17.9. The summed E-state index contributed by atoms with van der Waals surface area (Å²) in [4.78, 5) is 18.2. The molecule has 0 unspecified atom stereocenters. The van der Waals surface area contributed by atoms with E-state index in [0.717, 1.165) is 0 Å². The number of halogens is 1. The Morgan fingerprint density at radius 3 is 3.00 bits per heavy atom. The molecule has 0 saturated heterocycles. The van der Waals surface area contributed by atoms with Gasteiger partial charge >= 0.3 is 0 Å². The van der Waals surface area contributed by atoms with E-state index in [2.05, 4.69) is 15.2 Å². The maximum Gasteiger partial charge on any atom is 0.276 e. The van der Waals surface area contributed by atoms with E-state index >= 15 is 0 Å². The molecule has 0 fully saturated rings. The lowest BCUT2D eigenvalue weighted by atomic mass is 10.3. The number of hydrogen-bond donors (Lipinski definition) is 0. The van der Waals surface area contributed by atoms with Crippen molar-refractivity contribution < 1.29 is 14.1 Å². The molecule has 0 N–H and O–H groups in total. The van der Waals surface area contributed by atoms with Crippen LogP contribution in [-0.4, -0.2) is 43.8 Å². The van der Waals surface area contributed by atoms with E-state index in [0.29, 0.717) is 36.2 Å². The van der Waals surface area contributed by atoms with Crippen LogP contribution < -0.4 is 4.74 Å². The Hall–Kier alpha value is -2.87. The van der Waals surface area contributed by atoms with E-state index in [1.165, 1.54) is 6.20 Å². The first-order chi connectivity index (χ1) is 12.7. The van der Waals surface area contributed by atoms with Crippen LogP contribution in [0.4, 0.5) is 0 Å². The maximum absolute atomic E-state index is 12.6. The number of nitrogens with zero attached hydrogens (tertiary/aromatic N) is 5. The van der Waals surface area contributed by atoms with Crippen LogP contribution in [0.15, 0.2) is 47.5 Å². The normalized spacial score (nSPS) is 10.7. The molecule has 3 rings (SSSR count). The molecule has 3 heterocycles. The number of carbonyl (C=O) groups is 1. The van der Waals surface area contributed by atoms with Gasteiger partial charge in [0.15, 0.2) is 11.5 Å². The maximum atomic E-state index is 12.6. The number of hydrogen-bond acceptors (Lipinski definition) is 6. The molecule has 0 saturated carbocycles. The lowest BCUT2D eigenvalue weighted by molar-refractivity contribution is 0.0746. The van der Waals surface area contributed by atoms with E-state index in [4.69, 9.17) is 20.9 Å². The van der Waals surface area contributed by atoms with Crippen LogP contribution in [0.3, 0.4) is 0 Å². The molecule has 3 aromatic rings. The van der Waals surface area contributed by atoms with Crippen LogP contribution in [-0.2, 0) is 13.2 Å². The molecule has 0 aliphatic heterocycles. The summed E-state index contributed by atoms with van der Waals surface area (Å²) >= 11 is 5.86. The third kappa shape index (κ3) is 4.60. The highest BCUT2D eigenvalue weighted by Gasteiger charge is 2.19. The minimum absolute atomic E-state index is 0.127. The molecule has 0 spiro atoms. The van der Waals surface area contributed by atoms with Gasteiger partial charge in [-0.25, -0.2) is 0 Å². The van der Waals surface area contributed by atoms with Gasteiger partial charge in [-0.2, -0.15) is 5.10 Å². The van der Waals surface area contributed by atoms with E-state index in [-0.39, 0.29) is 18.2 Å². The van der Waals surface area contributed by atoms with Crippen molar-refractivity contribution in [3.63, 3.8) is 0 Å². The summed E-state index contributed by atoms with van der Waals surface area (Å²) in [6, 6.07) is 5.07. The number of carbonyl (C=O) groups excluding carboxylic acids is 1. The predicted molar refractivity (Wildman–Crippen MR) is 93.9 cm³/mol. The van der Waals surface area contributed by atoms with E-state index < -0.39 is 0 Å². The van der Waals surface area contributed by atoms with Crippen molar-refractivity contribution in [1.29, 1.82) is 0 Å². The molecule has 0 radical (unpaired) electrons. The van der Waals surface area contributed by atoms with Crippen molar-refractivity contribution in [1.82, 2.24) is 24.8 Å². The van der Waals surface area contributed by atoms with Crippen LogP contribution in [0.1, 0.15) is 23.2 Å².